The standard InChI is InChI=1S/C33H26N6O3S/c40-31(37-33-35-27-11-4-5-12-28(27)43-33)25-10-6-9-22-15-16-38(20-26(22)25)29-14-13-24(30(36-29)32(41)42)23-17-34-39(19-23)18-21-7-2-1-3-8-21/h1-14,17,19H,15-16,18,20H2,(H,41,42)(H,35,37,40). The molecule has 1 amide bonds. The van der Waals surface area contributed by atoms with Crippen LogP contribution in [0.4, 0.5) is 10.9 Å². The van der Waals surface area contributed by atoms with Crippen LogP contribution >= 0.6 is 11.3 Å². The zero-order valence-electron chi connectivity index (χ0n) is 23.0. The number of pyridine rings is 1. The molecule has 3 aromatic heterocycles. The molecule has 6 aromatic rings. The number of carbonyl (C=O) groups is 2. The molecule has 0 atom stereocenters. The monoisotopic (exact) mass is 586 g/mol. The summed E-state index contributed by atoms with van der Waals surface area (Å²) < 4.78 is 2.79. The van der Waals surface area contributed by atoms with Crippen molar-refractivity contribution in [3.8, 4) is 11.1 Å². The fourth-order valence-corrected chi connectivity index (χ4v) is 6.32. The summed E-state index contributed by atoms with van der Waals surface area (Å²) in [4.78, 5) is 36.9. The average Bonchev–Trinajstić information content (AvgIpc) is 3.67. The number of nitrogens with one attached hydrogen (secondary N) is 1. The molecule has 0 saturated carbocycles. The van der Waals surface area contributed by atoms with Gasteiger partial charge in [0.05, 0.1) is 23.0 Å². The Kier molecular flexibility index (Phi) is 6.88. The van der Waals surface area contributed by atoms with Crippen LogP contribution in [0.5, 0.6) is 0 Å². The lowest BCUT2D eigenvalue weighted by atomic mass is 9.94. The maximum Gasteiger partial charge on any atom is 0.355 e. The number of carbonyl (C=O) groups excluding carboxylic acids is 1. The fraction of sp³-hybridized carbons (Fsp3) is 0.121. The molecule has 0 spiro atoms. The smallest absolute Gasteiger partial charge is 0.355 e. The summed E-state index contributed by atoms with van der Waals surface area (Å²) in [6.07, 6.45) is 4.21. The molecule has 0 fully saturated rings. The molecular formula is C33H26N6O3S. The van der Waals surface area contributed by atoms with Gasteiger partial charge in [-0.1, -0.05) is 65.9 Å². The highest BCUT2D eigenvalue weighted by molar-refractivity contribution is 7.22. The van der Waals surface area contributed by atoms with Crippen LogP contribution in [-0.2, 0) is 19.5 Å². The average molecular weight is 587 g/mol. The SMILES string of the molecule is O=C(Nc1nc2ccccc2s1)c1cccc2c1CN(c1ccc(-c3cnn(Cc4ccccc4)c3)c(C(=O)O)n1)CC2. The predicted octanol–water partition coefficient (Wildman–Crippen LogP) is 6.12. The molecular weight excluding hydrogens is 560 g/mol. The first-order chi connectivity index (χ1) is 21.0. The van der Waals surface area contributed by atoms with Crippen LogP contribution < -0.4 is 10.2 Å². The van der Waals surface area contributed by atoms with Crippen LogP contribution in [0.1, 0.15) is 37.5 Å². The van der Waals surface area contributed by atoms with Gasteiger partial charge in [0, 0.05) is 36.0 Å². The number of para-hydroxylation sites is 1. The molecule has 1 aliphatic heterocycles. The Labute approximate surface area is 251 Å². The van der Waals surface area contributed by atoms with Crippen LogP contribution in [0, 0.1) is 0 Å². The molecule has 7 rings (SSSR count). The van der Waals surface area contributed by atoms with E-state index in [1.807, 2.05) is 90.0 Å². The van der Waals surface area contributed by atoms with E-state index in [1.54, 1.807) is 16.9 Å². The number of thiazole rings is 1. The van der Waals surface area contributed by atoms with E-state index in [-0.39, 0.29) is 11.6 Å². The quantitative estimate of drug-likeness (QED) is 0.232. The first-order valence-electron chi connectivity index (χ1n) is 13.9. The first-order valence-corrected chi connectivity index (χ1v) is 14.7. The summed E-state index contributed by atoms with van der Waals surface area (Å²) in [6, 6.07) is 27.1. The lowest BCUT2D eigenvalue weighted by Crippen LogP contribution is -2.33. The van der Waals surface area contributed by atoms with Crippen molar-refractivity contribution in [2.75, 3.05) is 16.8 Å². The summed E-state index contributed by atoms with van der Waals surface area (Å²) in [5, 5.41) is 18.0. The molecule has 0 saturated heterocycles. The molecule has 3 aromatic carbocycles. The Morgan fingerprint density at radius 1 is 0.930 bits per heavy atom. The number of fused-ring (bicyclic) bond motifs is 2. The van der Waals surface area contributed by atoms with E-state index in [2.05, 4.69) is 20.4 Å². The second-order valence-corrected chi connectivity index (χ2v) is 11.4. The summed E-state index contributed by atoms with van der Waals surface area (Å²) in [6.45, 7) is 1.66. The molecule has 4 heterocycles. The number of aromatic nitrogens is 4. The number of hydrogen-bond donors (Lipinski definition) is 2. The highest BCUT2D eigenvalue weighted by Crippen LogP contribution is 2.31. The second-order valence-electron chi connectivity index (χ2n) is 10.3. The molecule has 0 bridgehead atoms. The van der Waals surface area contributed by atoms with E-state index in [0.29, 0.717) is 53.7 Å². The van der Waals surface area contributed by atoms with E-state index in [9.17, 15) is 14.7 Å². The van der Waals surface area contributed by atoms with Crippen molar-refractivity contribution in [3.05, 3.63) is 125 Å². The van der Waals surface area contributed by atoms with Crippen molar-refractivity contribution in [3.63, 3.8) is 0 Å². The van der Waals surface area contributed by atoms with Crippen molar-refractivity contribution >= 4 is 44.4 Å². The Balaban J connectivity index is 1.14. The molecule has 9 nitrogen and oxygen atoms in total. The van der Waals surface area contributed by atoms with Gasteiger partial charge in [0.2, 0.25) is 0 Å². The van der Waals surface area contributed by atoms with Crippen LogP contribution in [0.15, 0.2) is 97.3 Å². The number of hydrogen-bond acceptors (Lipinski definition) is 7. The number of rotatable bonds is 7. The van der Waals surface area contributed by atoms with Gasteiger partial charge in [-0.2, -0.15) is 5.10 Å². The van der Waals surface area contributed by atoms with Crippen LogP contribution in [0.3, 0.4) is 0 Å². The minimum absolute atomic E-state index is 0.0376. The maximum absolute atomic E-state index is 13.4. The zero-order chi connectivity index (χ0) is 29.3. The van der Waals surface area contributed by atoms with Gasteiger partial charge < -0.3 is 10.0 Å². The normalized spacial score (nSPS) is 12.7. The third-order valence-electron chi connectivity index (χ3n) is 7.57. The van der Waals surface area contributed by atoms with E-state index in [1.165, 1.54) is 11.3 Å². The number of anilines is 2. The van der Waals surface area contributed by atoms with Gasteiger partial charge in [-0.05, 0) is 53.4 Å². The lowest BCUT2D eigenvalue weighted by molar-refractivity contribution is 0.0691. The van der Waals surface area contributed by atoms with Gasteiger partial charge in [-0.3, -0.25) is 14.8 Å². The van der Waals surface area contributed by atoms with Gasteiger partial charge in [-0.15, -0.1) is 0 Å². The molecule has 10 heteroatoms. The summed E-state index contributed by atoms with van der Waals surface area (Å²) in [5.41, 5.74) is 5.66. The maximum atomic E-state index is 13.4. The van der Waals surface area contributed by atoms with Gasteiger partial charge in [0.25, 0.3) is 5.91 Å². The summed E-state index contributed by atoms with van der Waals surface area (Å²) in [5.74, 6) is -0.786. The number of carboxylic acid groups (broad SMARTS) is 1. The largest absolute Gasteiger partial charge is 0.476 e. The summed E-state index contributed by atoms with van der Waals surface area (Å²) in [7, 11) is 0. The lowest BCUT2D eigenvalue weighted by Gasteiger charge is -2.31. The van der Waals surface area contributed by atoms with Crippen molar-refractivity contribution in [1.82, 2.24) is 19.7 Å². The van der Waals surface area contributed by atoms with E-state index < -0.39 is 5.97 Å². The number of amides is 1. The Morgan fingerprint density at radius 3 is 2.60 bits per heavy atom. The van der Waals surface area contributed by atoms with Crippen molar-refractivity contribution in [2.24, 2.45) is 0 Å². The van der Waals surface area contributed by atoms with E-state index >= 15 is 0 Å². The van der Waals surface area contributed by atoms with Gasteiger partial charge in [-0.25, -0.2) is 14.8 Å². The highest BCUT2D eigenvalue weighted by Gasteiger charge is 2.25. The molecule has 0 unspecified atom stereocenters. The number of benzene rings is 3. The van der Waals surface area contributed by atoms with E-state index in [0.717, 1.165) is 26.9 Å². The Hall–Kier alpha value is -5.35. The highest BCUT2D eigenvalue weighted by atomic mass is 32.1. The van der Waals surface area contributed by atoms with Crippen molar-refractivity contribution in [2.45, 2.75) is 19.5 Å². The van der Waals surface area contributed by atoms with Crippen LogP contribution in [-0.4, -0.2) is 43.3 Å². The third kappa shape index (κ3) is 5.35. The number of nitrogens with zero attached hydrogens (tertiary/aromatic N) is 5. The third-order valence-corrected chi connectivity index (χ3v) is 8.52. The van der Waals surface area contributed by atoms with Gasteiger partial charge >= 0.3 is 5.97 Å². The Bertz CT molecular complexity index is 1950. The molecule has 0 aliphatic carbocycles. The number of aromatic carboxylic acids is 1. The summed E-state index contributed by atoms with van der Waals surface area (Å²) >= 11 is 1.44. The Morgan fingerprint density at radius 2 is 1.77 bits per heavy atom. The topological polar surface area (TPSA) is 113 Å². The van der Waals surface area contributed by atoms with Gasteiger partial charge in [0.1, 0.15) is 5.82 Å². The van der Waals surface area contributed by atoms with Crippen molar-refractivity contribution < 1.29 is 14.7 Å². The first kappa shape index (κ1) is 26.5. The molecule has 212 valence electrons. The molecule has 43 heavy (non-hydrogen) atoms. The van der Waals surface area contributed by atoms with Gasteiger partial charge in [0.15, 0.2) is 10.8 Å². The number of carboxylic acids is 1. The van der Waals surface area contributed by atoms with Crippen molar-refractivity contribution in [1.29, 1.82) is 0 Å². The van der Waals surface area contributed by atoms with Crippen LogP contribution in [0.25, 0.3) is 21.3 Å². The molecule has 2 N–H and O–H groups in total. The minimum atomic E-state index is -1.11. The minimum Gasteiger partial charge on any atom is -0.476 e. The van der Waals surface area contributed by atoms with E-state index in [4.69, 9.17) is 0 Å². The fourth-order valence-electron chi connectivity index (χ4n) is 5.46. The molecule has 1 aliphatic rings. The molecule has 0 radical (unpaired) electrons. The second kappa shape index (κ2) is 11.1. The van der Waals surface area contributed by atoms with Crippen LogP contribution in [0.2, 0.25) is 0 Å². The zero-order valence-corrected chi connectivity index (χ0v) is 23.8. The predicted molar refractivity (Wildman–Crippen MR) is 167 cm³/mol.